The Morgan fingerprint density at radius 2 is 1.79 bits per heavy atom. The van der Waals surface area contributed by atoms with Crippen molar-refractivity contribution in [3.63, 3.8) is 0 Å². The van der Waals surface area contributed by atoms with E-state index in [2.05, 4.69) is 57.6 Å². The molecule has 2 aromatic heterocycles. The van der Waals surface area contributed by atoms with Gasteiger partial charge in [-0.1, -0.05) is 43.6 Å². The van der Waals surface area contributed by atoms with Gasteiger partial charge in [-0.05, 0) is 54.6 Å². The number of rotatable bonds is 7. The molecule has 0 unspecified atom stereocenters. The summed E-state index contributed by atoms with van der Waals surface area (Å²) in [6.07, 6.45) is 4.77. The number of benzene rings is 2. The van der Waals surface area contributed by atoms with Crippen LogP contribution in [0.4, 0.5) is 0 Å². The van der Waals surface area contributed by atoms with Crippen molar-refractivity contribution in [2.24, 2.45) is 5.10 Å². The first kappa shape index (κ1) is 23.1. The molecule has 0 atom stereocenters. The topological polar surface area (TPSA) is 105 Å². The Labute approximate surface area is 210 Å². The molecule has 0 spiro atoms. The number of thioether (sulfide) groups is 1. The molecule has 4 aromatic rings. The molecule has 2 N–H and O–H groups in total. The van der Waals surface area contributed by atoms with Crippen LogP contribution < -0.4 is 5.43 Å². The first-order valence-electron chi connectivity index (χ1n) is 9.56. The van der Waals surface area contributed by atoms with Crippen molar-refractivity contribution in [1.82, 2.24) is 25.2 Å². The van der Waals surface area contributed by atoms with Crippen LogP contribution in [0.1, 0.15) is 5.56 Å². The van der Waals surface area contributed by atoms with Gasteiger partial charge < -0.3 is 5.11 Å². The summed E-state index contributed by atoms with van der Waals surface area (Å²) in [5.41, 5.74) is 4.66. The predicted molar refractivity (Wildman–Crippen MR) is 135 cm³/mol. The molecule has 4 rings (SSSR count). The first-order valence-corrected chi connectivity index (χ1v) is 12.1. The van der Waals surface area contributed by atoms with Crippen molar-refractivity contribution in [3.05, 3.63) is 81.5 Å². The highest BCUT2D eigenvalue weighted by atomic mass is 79.9. The molecule has 0 bridgehead atoms. The highest BCUT2D eigenvalue weighted by Crippen LogP contribution is 2.28. The number of nitrogens with one attached hydrogen (secondary N) is 1. The third-order valence-electron chi connectivity index (χ3n) is 4.37. The van der Waals surface area contributed by atoms with Crippen LogP contribution in [-0.4, -0.2) is 42.7 Å². The van der Waals surface area contributed by atoms with Gasteiger partial charge in [-0.2, -0.15) is 5.10 Å². The van der Waals surface area contributed by atoms with Gasteiger partial charge >= 0.3 is 0 Å². The number of nitrogens with zero attached hydrogens (tertiary/aromatic N) is 5. The molecule has 2 aromatic carbocycles. The molecule has 0 radical (unpaired) electrons. The number of hydrazone groups is 1. The number of aromatic hydroxyl groups is 1. The fraction of sp³-hybridized carbons (Fsp3) is 0.0455. The zero-order chi connectivity index (χ0) is 23.2. The van der Waals surface area contributed by atoms with Crippen molar-refractivity contribution in [2.75, 3.05) is 5.75 Å². The van der Waals surface area contributed by atoms with Crippen LogP contribution in [0.15, 0.2) is 86.2 Å². The fourth-order valence-electron chi connectivity index (χ4n) is 2.84. The van der Waals surface area contributed by atoms with Crippen LogP contribution in [0.25, 0.3) is 17.1 Å². The molecule has 166 valence electrons. The van der Waals surface area contributed by atoms with E-state index in [1.54, 1.807) is 30.6 Å². The fourth-order valence-corrected chi connectivity index (χ4v) is 4.23. The minimum absolute atomic E-state index is 0.0665. The lowest BCUT2D eigenvalue weighted by molar-refractivity contribution is -0.118. The Balaban J connectivity index is 1.50. The minimum atomic E-state index is -0.318. The molecule has 0 aliphatic rings. The van der Waals surface area contributed by atoms with Gasteiger partial charge in [0.2, 0.25) is 0 Å². The number of halogens is 2. The summed E-state index contributed by atoms with van der Waals surface area (Å²) in [6, 6.07) is 16.4. The predicted octanol–water partition coefficient (Wildman–Crippen LogP) is 4.80. The molecule has 2 heterocycles. The number of phenolic OH excluding ortho intramolecular Hbond substituents is 1. The molecule has 0 fully saturated rings. The standard InChI is InChI=1S/C22H16Br2N6O2S/c23-16-1-4-18(5-2-16)30-21(14-7-9-25-10-8-14)28-29-22(30)33-13-20(32)27-26-12-15-11-17(24)3-6-19(15)31/h1-12,31H,13H2,(H,27,32). The SMILES string of the molecule is O=C(CSc1nnc(-c2ccncc2)n1-c1ccc(Br)cc1)NN=Cc1cc(Br)ccc1O. The average Bonchev–Trinajstić information content (AvgIpc) is 3.25. The normalized spacial score (nSPS) is 11.1. The Bertz CT molecular complexity index is 1300. The number of amides is 1. The highest BCUT2D eigenvalue weighted by molar-refractivity contribution is 9.10. The van der Waals surface area contributed by atoms with E-state index in [1.807, 2.05) is 41.0 Å². The van der Waals surface area contributed by atoms with Gasteiger partial charge in [0.15, 0.2) is 11.0 Å². The smallest absolute Gasteiger partial charge is 0.250 e. The summed E-state index contributed by atoms with van der Waals surface area (Å²) in [5.74, 6) is 0.469. The summed E-state index contributed by atoms with van der Waals surface area (Å²) >= 11 is 8.02. The number of hydrogen-bond donors (Lipinski definition) is 2. The molecule has 0 saturated carbocycles. The Hall–Kier alpha value is -3.02. The van der Waals surface area contributed by atoms with Crippen LogP contribution in [0, 0.1) is 0 Å². The molecular formula is C22H16Br2N6O2S. The van der Waals surface area contributed by atoms with Crippen molar-refractivity contribution in [1.29, 1.82) is 0 Å². The Morgan fingerprint density at radius 1 is 1.06 bits per heavy atom. The van der Waals surface area contributed by atoms with Gasteiger partial charge in [0.05, 0.1) is 12.0 Å². The van der Waals surface area contributed by atoms with Crippen LogP contribution in [0.2, 0.25) is 0 Å². The maximum absolute atomic E-state index is 12.3. The third-order valence-corrected chi connectivity index (χ3v) is 6.32. The van der Waals surface area contributed by atoms with E-state index in [0.29, 0.717) is 16.5 Å². The molecule has 33 heavy (non-hydrogen) atoms. The molecular weight excluding hydrogens is 572 g/mol. The van der Waals surface area contributed by atoms with Gasteiger partial charge in [0.1, 0.15) is 5.75 Å². The summed E-state index contributed by atoms with van der Waals surface area (Å²) in [4.78, 5) is 16.4. The van der Waals surface area contributed by atoms with E-state index in [-0.39, 0.29) is 17.4 Å². The van der Waals surface area contributed by atoms with E-state index in [1.165, 1.54) is 18.0 Å². The van der Waals surface area contributed by atoms with Crippen LogP contribution >= 0.6 is 43.6 Å². The minimum Gasteiger partial charge on any atom is -0.507 e. The summed E-state index contributed by atoms with van der Waals surface area (Å²) in [7, 11) is 0. The van der Waals surface area contributed by atoms with E-state index in [9.17, 15) is 9.90 Å². The molecule has 0 aliphatic carbocycles. The lowest BCUT2D eigenvalue weighted by Gasteiger charge is -2.10. The Kier molecular flexibility index (Phi) is 7.53. The molecule has 1 amide bonds. The monoisotopic (exact) mass is 586 g/mol. The molecule has 8 nitrogen and oxygen atoms in total. The zero-order valence-corrected chi connectivity index (χ0v) is 20.9. The van der Waals surface area contributed by atoms with Gasteiger partial charge in [0, 0.05) is 38.2 Å². The maximum atomic E-state index is 12.3. The lowest BCUT2D eigenvalue weighted by Crippen LogP contribution is -2.20. The van der Waals surface area contributed by atoms with Crippen LogP contribution in [0.5, 0.6) is 5.75 Å². The van der Waals surface area contributed by atoms with Crippen molar-refractivity contribution >= 4 is 55.7 Å². The third kappa shape index (κ3) is 5.86. The maximum Gasteiger partial charge on any atom is 0.250 e. The van der Waals surface area contributed by atoms with Crippen molar-refractivity contribution < 1.29 is 9.90 Å². The van der Waals surface area contributed by atoms with Crippen LogP contribution in [-0.2, 0) is 4.79 Å². The van der Waals surface area contributed by atoms with Crippen molar-refractivity contribution in [2.45, 2.75) is 5.16 Å². The summed E-state index contributed by atoms with van der Waals surface area (Å²) in [6.45, 7) is 0. The highest BCUT2D eigenvalue weighted by Gasteiger charge is 2.17. The zero-order valence-electron chi connectivity index (χ0n) is 16.9. The van der Waals surface area contributed by atoms with Gasteiger partial charge in [-0.25, -0.2) is 5.43 Å². The number of carbonyl (C=O) groups excluding carboxylic acids is 1. The second-order valence-electron chi connectivity index (χ2n) is 6.64. The number of hydrogen-bond acceptors (Lipinski definition) is 7. The van der Waals surface area contributed by atoms with Gasteiger partial charge in [0.25, 0.3) is 5.91 Å². The quantitative estimate of drug-likeness (QED) is 0.183. The van der Waals surface area contributed by atoms with E-state index < -0.39 is 0 Å². The van der Waals surface area contributed by atoms with Gasteiger partial charge in [-0.15, -0.1) is 10.2 Å². The largest absolute Gasteiger partial charge is 0.507 e. The molecule has 0 saturated heterocycles. The lowest BCUT2D eigenvalue weighted by atomic mass is 10.2. The van der Waals surface area contributed by atoms with Gasteiger partial charge in [-0.3, -0.25) is 14.3 Å². The second-order valence-corrected chi connectivity index (χ2v) is 9.41. The summed E-state index contributed by atoms with van der Waals surface area (Å²) in [5, 5.41) is 23.0. The second kappa shape index (κ2) is 10.7. The van der Waals surface area contributed by atoms with E-state index in [4.69, 9.17) is 0 Å². The van der Waals surface area contributed by atoms with Crippen molar-refractivity contribution in [3.8, 4) is 22.8 Å². The number of phenols is 1. The first-order chi connectivity index (χ1) is 16.0. The Morgan fingerprint density at radius 3 is 2.55 bits per heavy atom. The number of carbonyl (C=O) groups is 1. The molecule has 0 aliphatic heterocycles. The van der Waals surface area contributed by atoms with E-state index >= 15 is 0 Å². The van der Waals surface area contributed by atoms with E-state index in [0.717, 1.165) is 20.2 Å². The number of aromatic nitrogens is 4. The summed E-state index contributed by atoms with van der Waals surface area (Å²) < 4.78 is 3.64. The number of pyridine rings is 1. The average molecular weight is 588 g/mol. The van der Waals surface area contributed by atoms with Crippen LogP contribution in [0.3, 0.4) is 0 Å². The molecule has 11 heteroatoms.